The van der Waals surface area contributed by atoms with E-state index in [4.69, 9.17) is 14.5 Å². The normalized spacial score (nSPS) is 10.9. The van der Waals surface area contributed by atoms with Gasteiger partial charge in [-0.1, -0.05) is 78.9 Å². The fourth-order valence-electron chi connectivity index (χ4n) is 4.83. The van der Waals surface area contributed by atoms with Crippen molar-refractivity contribution in [3.05, 3.63) is 126 Å². The summed E-state index contributed by atoms with van der Waals surface area (Å²) in [5.74, 6) is 1.32. The van der Waals surface area contributed by atoms with Gasteiger partial charge < -0.3 is 14.8 Å². The molecule has 0 aliphatic carbocycles. The van der Waals surface area contributed by atoms with Gasteiger partial charge in [-0.05, 0) is 47.9 Å². The Labute approximate surface area is 223 Å². The molecule has 0 spiro atoms. The number of carbonyl (C=O) groups excluding carboxylic acids is 1. The van der Waals surface area contributed by atoms with Crippen LogP contribution in [0.1, 0.15) is 33.8 Å². The second-order valence-electron chi connectivity index (χ2n) is 9.06. The van der Waals surface area contributed by atoms with Gasteiger partial charge in [-0.3, -0.25) is 4.79 Å². The second kappa shape index (κ2) is 11.6. The van der Waals surface area contributed by atoms with Crippen LogP contribution in [-0.4, -0.2) is 31.7 Å². The first kappa shape index (κ1) is 25.0. The number of benzene rings is 4. The Balaban J connectivity index is 1.42. The Bertz CT molecular complexity index is 1500. The monoisotopic (exact) mass is 502 g/mol. The van der Waals surface area contributed by atoms with Gasteiger partial charge in [0.15, 0.2) is 11.5 Å². The van der Waals surface area contributed by atoms with Gasteiger partial charge in [0.2, 0.25) is 0 Å². The van der Waals surface area contributed by atoms with Crippen LogP contribution < -0.4 is 14.8 Å². The number of aromatic nitrogens is 1. The maximum Gasteiger partial charge on any atom is 0.252 e. The molecule has 5 rings (SSSR count). The lowest BCUT2D eigenvalue weighted by atomic mass is 9.88. The molecular formula is C33H30N2O3. The summed E-state index contributed by atoms with van der Waals surface area (Å²) >= 11 is 0. The van der Waals surface area contributed by atoms with E-state index in [1.807, 2.05) is 60.7 Å². The Morgan fingerprint density at radius 1 is 0.763 bits per heavy atom. The van der Waals surface area contributed by atoms with Gasteiger partial charge in [-0.15, -0.1) is 0 Å². The van der Waals surface area contributed by atoms with Crippen molar-refractivity contribution in [3.8, 4) is 22.8 Å². The largest absolute Gasteiger partial charge is 0.493 e. The van der Waals surface area contributed by atoms with E-state index < -0.39 is 0 Å². The Morgan fingerprint density at radius 3 is 2.05 bits per heavy atom. The van der Waals surface area contributed by atoms with Crippen molar-refractivity contribution in [1.82, 2.24) is 10.3 Å². The van der Waals surface area contributed by atoms with Crippen LogP contribution in [0.15, 0.2) is 109 Å². The SMILES string of the molecule is COc1ccc(-c2cc(C(=O)NCCC(c3ccccc3)c3ccccc3)c3ccccc3n2)cc1OC. The maximum atomic E-state index is 13.5. The molecule has 0 bridgehead atoms. The number of hydrogen-bond donors (Lipinski definition) is 1. The van der Waals surface area contributed by atoms with Gasteiger partial charge >= 0.3 is 0 Å². The number of amides is 1. The first-order chi connectivity index (χ1) is 18.7. The van der Waals surface area contributed by atoms with Crippen molar-refractivity contribution in [1.29, 1.82) is 0 Å². The average Bonchev–Trinajstić information content (AvgIpc) is 2.99. The highest BCUT2D eigenvalue weighted by atomic mass is 16.5. The molecule has 4 aromatic carbocycles. The number of rotatable bonds is 9. The molecule has 38 heavy (non-hydrogen) atoms. The third-order valence-corrected chi connectivity index (χ3v) is 6.76. The zero-order valence-electron chi connectivity index (χ0n) is 21.6. The molecule has 0 radical (unpaired) electrons. The summed E-state index contributed by atoms with van der Waals surface area (Å²) in [7, 11) is 3.21. The van der Waals surface area contributed by atoms with Crippen LogP contribution in [0.5, 0.6) is 11.5 Å². The molecule has 1 amide bonds. The van der Waals surface area contributed by atoms with E-state index in [1.54, 1.807) is 14.2 Å². The van der Waals surface area contributed by atoms with Gasteiger partial charge in [-0.2, -0.15) is 0 Å². The fraction of sp³-hybridized carbons (Fsp3) is 0.152. The van der Waals surface area contributed by atoms with Crippen molar-refractivity contribution < 1.29 is 14.3 Å². The lowest BCUT2D eigenvalue weighted by molar-refractivity contribution is 0.0954. The zero-order chi connectivity index (χ0) is 26.3. The highest BCUT2D eigenvalue weighted by Crippen LogP contribution is 2.33. The molecular weight excluding hydrogens is 472 g/mol. The smallest absolute Gasteiger partial charge is 0.252 e. The molecule has 0 atom stereocenters. The molecule has 0 aliphatic rings. The summed E-state index contributed by atoms with van der Waals surface area (Å²) in [4.78, 5) is 18.4. The van der Waals surface area contributed by atoms with Gasteiger partial charge in [0.05, 0.1) is 31.0 Å². The molecule has 0 aliphatic heterocycles. The molecule has 0 saturated heterocycles. The number of pyridine rings is 1. The number of carbonyl (C=O) groups is 1. The fourth-order valence-corrected chi connectivity index (χ4v) is 4.83. The molecule has 5 nitrogen and oxygen atoms in total. The van der Waals surface area contributed by atoms with Crippen molar-refractivity contribution in [2.24, 2.45) is 0 Å². The van der Waals surface area contributed by atoms with Crippen LogP contribution in [0.4, 0.5) is 0 Å². The first-order valence-electron chi connectivity index (χ1n) is 12.7. The minimum Gasteiger partial charge on any atom is -0.493 e. The average molecular weight is 503 g/mol. The number of para-hydroxylation sites is 1. The molecule has 1 N–H and O–H groups in total. The molecule has 190 valence electrons. The highest BCUT2D eigenvalue weighted by Gasteiger charge is 2.17. The van der Waals surface area contributed by atoms with Crippen LogP contribution in [0, 0.1) is 0 Å². The predicted octanol–water partition coefficient (Wildman–Crippen LogP) is 6.87. The molecule has 1 aromatic heterocycles. The van der Waals surface area contributed by atoms with Crippen LogP contribution in [-0.2, 0) is 0 Å². The zero-order valence-corrected chi connectivity index (χ0v) is 21.6. The van der Waals surface area contributed by atoms with Crippen molar-refractivity contribution in [2.75, 3.05) is 20.8 Å². The molecule has 5 aromatic rings. The standard InChI is InChI=1S/C33H30N2O3/c1-37-31-18-17-25(21-32(31)38-2)30-22-28(27-15-9-10-16-29(27)35-30)33(36)34-20-19-26(23-11-5-3-6-12-23)24-13-7-4-8-14-24/h3-18,21-22,26H,19-20H2,1-2H3,(H,34,36). The summed E-state index contributed by atoms with van der Waals surface area (Å²) in [5, 5.41) is 3.99. The molecule has 0 saturated carbocycles. The van der Waals surface area contributed by atoms with E-state index in [2.05, 4.69) is 53.8 Å². The third-order valence-electron chi connectivity index (χ3n) is 6.76. The van der Waals surface area contributed by atoms with Gasteiger partial charge in [0, 0.05) is 23.4 Å². The Kier molecular flexibility index (Phi) is 7.65. The van der Waals surface area contributed by atoms with Crippen molar-refractivity contribution >= 4 is 16.8 Å². The quantitative estimate of drug-likeness (QED) is 0.239. The van der Waals surface area contributed by atoms with Crippen LogP contribution >= 0.6 is 0 Å². The Hall–Kier alpha value is -4.64. The summed E-state index contributed by atoms with van der Waals surface area (Å²) in [6.45, 7) is 0.537. The van der Waals surface area contributed by atoms with Gasteiger partial charge in [0.1, 0.15) is 0 Å². The predicted molar refractivity (Wildman–Crippen MR) is 152 cm³/mol. The number of ether oxygens (including phenoxy) is 2. The van der Waals surface area contributed by atoms with E-state index in [9.17, 15) is 4.79 Å². The number of methoxy groups -OCH3 is 2. The Morgan fingerprint density at radius 2 is 1.39 bits per heavy atom. The minimum absolute atomic E-state index is 0.120. The maximum absolute atomic E-state index is 13.5. The molecule has 1 heterocycles. The molecule has 0 fully saturated rings. The van der Waals surface area contributed by atoms with Crippen LogP contribution in [0.3, 0.4) is 0 Å². The molecule has 0 unspecified atom stereocenters. The number of fused-ring (bicyclic) bond motifs is 1. The van der Waals surface area contributed by atoms with Gasteiger partial charge in [0.25, 0.3) is 5.91 Å². The third kappa shape index (κ3) is 5.37. The number of hydrogen-bond acceptors (Lipinski definition) is 4. The molecule has 5 heteroatoms. The number of nitrogens with one attached hydrogen (secondary N) is 1. The lowest BCUT2D eigenvalue weighted by Crippen LogP contribution is -2.26. The van der Waals surface area contributed by atoms with Crippen molar-refractivity contribution in [3.63, 3.8) is 0 Å². The lowest BCUT2D eigenvalue weighted by Gasteiger charge is -2.19. The highest BCUT2D eigenvalue weighted by molar-refractivity contribution is 6.07. The van der Waals surface area contributed by atoms with Crippen molar-refractivity contribution in [2.45, 2.75) is 12.3 Å². The first-order valence-corrected chi connectivity index (χ1v) is 12.7. The van der Waals surface area contributed by atoms with E-state index in [1.165, 1.54) is 11.1 Å². The summed E-state index contributed by atoms with van der Waals surface area (Å²) in [6, 6.07) is 36.1. The van der Waals surface area contributed by atoms with Gasteiger partial charge in [-0.25, -0.2) is 4.98 Å². The van der Waals surface area contributed by atoms with E-state index in [-0.39, 0.29) is 11.8 Å². The van der Waals surface area contributed by atoms with E-state index in [0.29, 0.717) is 29.3 Å². The van der Waals surface area contributed by atoms with E-state index >= 15 is 0 Å². The topological polar surface area (TPSA) is 60.5 Å². The van der Waals surface area contributed by atoms with E-state index in [0.717, 1.165) is 22.9 Å². The second-order valence-corrected chi connectivity index (χ2v) is 9.06. The summed E-state index contributed by atoms with van der Waals surface area (Å²) in [5.41, 5.74) is 5.36. The van der Waals surface area contributed by atoms with Crippen LogP contribution in [0.2, 0.25) is 0 Å². The number of nitrogens with zero attached hydrogens (tertiary/aromatic N) is 1. The summed E-state index contributed by atoms with van der Waals surface area (Å²) in [6.07, 6.45) is 0.783. The van der Waals surface area contributed by atoms with Crippen LogP contribution in [0.25, 0.3) is 22.2 Å². The summed E-state index contributed by atoms with van der Waals surface area (Å²) < 4.78 is 10.9. The minimum atomic E-state index is -0.120.